The topological polar surface area (TPSA) is 50.3 Å². The lowest BCUT2D eigenvalue weighted by molar-refractivity contribution is -0.134. The Balaban J connectivity index is 1.47. The molecule has 162 valence electrons. The molecule has 4 aliphatic carbocycles. The van der Waals surface area contributed by atoms with Gasteiger partial charge in [0.15, 0.2) is 5.13 Å². The van der Waals surface area contributed by atoms with Gasteiger partial charge in [0.05, 0.1) is 5.69 Å². The predicted octanol–water partition coefficient (Wildman–Crippen LogP) is 5.52. The van der Waals surface area contributed by atoms with Gasteiger partial charge in [0.2, 0.25) is 5.91 Å². The fourth-order valence-electron chi connectivity index (χ4n) is 7.79. The van der Waals surface area contributed by atoms with Gasteiger partial charge in [-0.15, -0.1) is 17.9 Å². The number of Topliss-reactive ketones (excluding diaryl/α,β-unsaturated/α-hetero) is 1. The molecular formula is C25H34N2O2S. The first-order chi connectivity index (χ1) is 14.3. The number of carbonyl (C=O) groups excluding carboxylic acids is 2. The van der Waals surface area contributed by atoms with Crippen LogP contribution in [0.1, 0.15) is 82.2 Å². The minimum Gasteiger partial charge on any atom is -0.299 e. The molecule has 6 atom stereocenters. The Bertz CT molecular complexity index is 907. The SMILES string of the molecule is C=CCN(C(C)=O)c1nc2c(s1)C1CC[C@@H]3[C@H](CC[C@]4(C)C(=O)CC[C@@H]34)[C@@]1(C)CC2. The largest absolute Gasteiger partial charge is 0.299 e. The number of nitrogens with zero attached hydrogens (tertiary/aromatic N) is 2. The van der Waals surface area contributed by atoms with Crippen molar-refractivity contribution in [3.8, 4) is 0 Å². The molecule has 1 aromatic rings. The van der Waals surface area contributed by atoms with Crippen molar-refractivity contribution in [2.45, 2.75) is 78.1 Å². The molecule has 30 heavy (non-hydrogen) atoms. The smallest absolute Gasteiger partial charge is 0.225 e. The van der Waals surface area contributed by atoms with Gasteiger partial charge in [-0.2, -0.15) is 0 Å². The number of hydrogen-bond donors (Lipinski definition) is 0. The van der Waals surface area contributed by atoms with Gasteiger partial charge in [-0.1, -0.05) is 19.9 Å². The highest BCUT2D eigenvalue weighted by molar-refractivity contribution is 7.16. The molecule has 1 unspecified atom stereocenters. The number of thiazole rings is 1. The van der Waals surface area contributed by atoms with Gasteiger partial charge in [0.1, 0.15) is 5.78 Å². The fraction of sp³-hybridized carbons (Fsp3) is 0.720. The van der Waals surface area contributed by atoms with Gasteiger partial charge >= 0.3 is 0 Å². The van der Waals surface area contributed by atoms with E-state index >= 15 is 0 Å². The first-order valence-electron chi connectivity index (χ1n) is 11.7. The minimum atomic E-state index is -0.0471. The molecule has 4 nitrogen and oxygen atoms in total. The standard InChI is InChI=1S/C25H34N2O2S/c1-5-14-27(15(2)28)23-26-20-11-13-24(3)18-10-12-25(4)17(8-9-21(25)29)16(18)6-7-19(24)22(20)30-23/h5,16-19H,1,6-14H2,2-4H3/t16-,17-,18-,19?,24+,25-/m0/s1. The van der Waals surface area contributed by atoms with Crippen LogP contribution in [0.15, 0.2) is 12.7 Å². The number of ketones is 1. The monoisotopic (exact) mass is 426 g/mol. The van der Waals surface area contributed by atoms with Crippen molar-refractivity contribution >= 4 is 28.2 Å². The summed E-state index contributed by atoms with van der Waals surface area (Å²) in [6, 6.07) is 0. The number of aromatic nitrogens is 1. The van der Waals surface area contributed by atoms with Crippen LogP contribution in [0.3, 0.4) is 0 Å². The van der Waals surface area contributed by atoms with Crippen molar-refractivity contribution in [2.24, 2.45) is 28.6 Å². The molecule has 0 aromatic carbocycles. The second-order valence-corrected chi connectivity index (χ2v) is 11.7. The van der Waals surface area contributed by atoms with Crippen LogP contribution in [-0.2, 0) is 16.0 Å². The van der Waals surface area contributed by atoms with E-state index in [9.17, 15) is 9.59 Å². The molecular weight excluding hydrogens is 392 g/mol. The third-order valence-electron chi connectivity index (χ3n) is 9.43. The quantitative estimate of drug-likeness (QED) is 0.598. The van der Waals surface area contributed by atoms with E-state index in [2.05, 4.69) is 20.4 Å². The molecule has 0 saturated heterocycles. The molecule has 0 radical (unpaired) electrons. The summed E-state index contributed by atoms with van der Waals surface area (Å²) >= 11 is 1.75. The Morgan fingerprint density at radius 2 is 2.00 bits per heavy atom. The van der Waals surface area contributed by atoms with E-state index in [1.165, 1.54) is 36.3 Å². The molecule has 1 heterocycles. The maximum Gasteiger partial charge on any atom is 0.225 e. The second-order valence-electron chi connectivity index (χ2n) is 10.7. The number of hydrogen-bond acceptors (Lipinski definition) is 4. The summed E-state index contributed by atoms with van der Waals surface area (Å²) in [4.78, 5) is 32.9. The molecule has 0 bridgehead atoms. The number of aryl methyl sites for hydroxylation is 1. The lowest BCUT2D eigenvalue weighted by atomic mass is 9.46. The molecule has 4 aliphatic rings. The van der Waals surface area contributed by atoms with Crippen LogP contribution in [0.5, 0.6) is 0 Å². The highest BCUT2D eigenvalue weighted by atomic mass is 32.1. The van der Waals surface area contributed by atoms with Gasteiger partial charge in [-0.3, -0.25) is 14.5 Å². The molecule has 0 spiro atoms. The summed E-state index contributed by atoms with van der Waals surface area (Å²) in [6.45, 7) is 10.7. The molecule has 3 saturated carbocycles. The predicted molar refractivity (Wildman–Crippen MR) is 121 cm³/mol. The van der Waals surface area contributed by atoms with Crippen LogP contribution in [-0.4, -0.2) is 23.2 Å². The number of fused-ring (bicyclic) bond motifs is 7. The van der Waals surface area contributed by atoms with Gasteiger partial charge in [0, 0.05) is 36.1 Å². The molecule has 3 fully saturated rings. The Labute approximate surface area is 184 Å². The number of carbonyl (C=O) groups is 2. The van der Waals surface area contributed by atoms with Gasteiger partial charge < -0.3 is 0 Å². The van der Waals surface area contributed by atoms with E-state index in [-0.39, 0.29) is 11.3 Å². The highest BCUT2D eigenvalue weighted by Gasteiger charge is 2.60. The van der Waals surface area contributed by atoms with Gasteiger partial charge in [-0.25, -0.2) is 4.98 Å². The maximum absolute atomic E-state index is 12.7. The Kier molecular flexibility index (Phi) is 4.77. The lowest BCUT2D eigenvalue weighted by Crippen LogP contribution is -2.52. The molecule has 0 N–H and O–H groups in total. The van der Waals surface area contributed by atoms with Crippen LogP contribution < -0.4 is 4.90 Å². The van der Waals surface area contributed by atoms with Crippen molar-refractivity contribution < 1.29 is 9.59 Å². The second kappa shape index (κ2) is 7.01. The van der Waals surface area contributed by atoms with Crippen LogP contribution in [0.2, 0.25) is 0 Å². The fourth-order valence-corrected chi connectivity index (χ4v) is 9.25. The molecule has 5 rings (SSSR count). The Hall–Kier alpha value is -1.49. The summed E-state index contributed by atoms with van der Waals surface area (Å²) in [6.07, 6.45) is 10.6. The van der Waals surface area contributed by atoms with Crippen LogP contribution in [0, 0.1) is 28.6 Å². The molecule has 1 amide bonds. The lowest BCUT2D eigenvalue weighted by Gasteiger charge is -2.59. The van der Waals surface area contributed by atoms with E-state index in [1.807, 2.05) is 0 Å². The van der Waals surface area contributed by atoms with E-state index in [0.717, 1.165) is 36.7 Å². The Morgan fingerprint density at radius 3 is 2.73 bits per heavy atom. The van der Waals surface area contributed by atoms with Crippen LogP contribution in [0.25, 0.3) is 0 Å². The summed E-state index contributed by atoms with van der Waals surface area (Å²) in [5.41, 5.74) is 1.48. The summed E-state index contributed by atoms with van der Waals surface area (Å²) < 4.78 is 0. The maximum atomic E-state index is 12.7. The molecule has 0 aliphatic heterocycles. The minimum absolute atomic E-state index is 0.0323. The van der Waals surface area contributed by atoms with Gasteiger partial charge in [-0.05, 0) is 68.1 Å². The van der Waals surface area contributed by atoms with E-state index in [1.54, 1.807) is 29.2 Å². The zero-order valence-electron chi connectivity index (χ0n) is 18.6. The van der Waals surface area contributed by atoms with Gasteiger partial charge in [0.25, 0.3) is 0 Å². The number of amides is 1. The van der Waals surface area contributed by atoms with Crippen LogP contribution >= 0.6 is 11.3 Å². The zero-order chi connectivity index (χ0) is 21.3. The van der Waals surface area contributed by atoms with E-state index in [4.69, 9.17) is 4.98 Å². The van der Waals surface area contributed by atoms with Crippen LogP contribution in [0.4, 0.5) is 5.13 Å². The van der Waals surface area contributed by atoms with Crippen molar-refractivity contribution in [1.82, 2.24) is 4.98 Å². The normalized spacial score (nSPS) is 39.5. The average Bonchev–Trinajstić information content (AvgIpc) is 3.26. The summed E-state index contributed by atoms with van der Waals surface area (Å²) in [5.74, 6) is 3.14. The van der Waals surface area contributed by atoms with Crippen molar-refractivity contribution in [1.29, 1.82) is 0 Å². The first-order valence-corrected chi connectivity index (χ1v) is 12.5. The highest BCUT2D eigenvalue weighted by Crippen LogP contribution is 2.67. The van der Waals surface area contributed by atoms with Crippen molar-refractivity contribution in [3.05, 3.63) is 23.2 Å². The van der Waals surface area contributed by atoms with E-state index in [0.29, 0.717) is 35.5 Å². The van der Waals surface area contributed by atoms with Crippen molar-refractivity contribution in [3.63, 3.8) is 0 Å². The van der Waals surface area contributed by atoms with Crippen molar-refractivity contribution in [2.75, 3.05) is 11.4 Å². The third-order valence-corrected chi connectivity index (χ3v) is 10.7. The molecule has 1 aromatic heterocycles. The molecule has 5 heteroatoms. The average molecular weight is 427 g/mol. The third kappa shape index (κ3) is 2.73. The number of anilines is 1. The summed E-state index contributed by atoms with van der Waals surface area (Å²) in [5, 5.41) is 0.844. The number of rotatable bonds is 3. The Morgan fingerprint density at radius 1 is 1.20 bits per heavy atom. The first kappa shape index (κ1) is 20.4. The summed E-state index contributed by atoms with van der Waals surface area (Å²) in [7, 11) is 0. The zero-order valence-corrected chi connectivity index (χ0v) is 19.4. The van der Waals surface area contributed by atoms with E-state index < -0.39 is 0 Å².